The molecule has 5 fully saturated rings. The molecule has 6 nitrogen and oxygen atoms in total. The van der Waals surface area contributed by atoms with E-state index in [1.165, 1.54) is 0 Å². The number of rotatable bonds is 4. The number of aliphatic carboxylic acids is 2. The number of allylic oxidation sites excluding steroid dienone is 1. The van der Waals surface area contributed by atoms with Crippen LogP contribution in [0.5, 0.6) is 0 Å². The van der Waals surface area contributed by atoms with Gasteiger partial charge in [-0.3, -0.25) is 9.59 Å². The Bertz CT molecular complexity index is 992. The van der Waals surface area contributed by atoms with Crippen molar-refractivity contribution in [3.05, 3.63) is 12.2 Å². The molecule has 0 heterocycles. The maximum Gasteiger partial charge on any atom is 0.309 e. The van der Waals surface area contributed by atoms with Crippen molar-refractivity contribution in [3.63, 3.8) is 0 Å². The molecule has 0 aromatic rings. The Labute approximate surface area is 215 Å². The van der Waals surface area contributed by atoms with E-state index in [9.17, 15) is 30.0 Å². The van der Waals surface area contributed by atoms with E-state index in [0.717, 1.165) is 50.5 Å². The SMILES string of the molecule is C=C(C)[C@@H]1CC[C@]2(C(=O)O)CC[C@]3(C)[C@H](CC[C@H]4[C@@]5(C)[C@@H](C(=O)O)[C@H](O)[C@](C)(CO)[C@@H]5CC[C@]43C)[C@@H]12. The van der Waals surface area contributed by atoms with Crippen molar-refractivity contribution in [3.8, 4) is 0 Å². The average Bonchev–Trinajstić information content (AvgIpc) is 3.27. The Hall–Kier alpha value is -1.40. The highest BCUT2D eigenvalue weighted by atomic mass is 16.4. The van der Waals surface area contributed by atoms with Crippen LogP contribution < -0.4 is 0 Å². The largest absolute Gasteiger partial charge is 0.481 e. The third kappa shape index (κ3) is 2.76. The summed E-state index contributed by atoms with van der Waals surface area (Å²) in [4.78, 5) is 25.5. The molecule has 0 unspecified atom stereocenters. The second-order valence-electron chi connectivity index (χ2n) is 14.4. The highest BCUT2D eigenvalue weighted by molar-refractivity contribution is 5.76. The van der Waals surface area contributed by atoms with E-state index in [1.54, 1.807) is 0 Å². The van der Waals surface area contributed by atoms with Gasteiger partial charge < -0.3 is 20.4 Å². The number of carbonyl (C=O) groups is 2. The molecule has 0 radical (unpaired) electrons. The Morgan fingerprint density at radius 2 is 1.56 bits per heavy atom. The van der Waals surface area contributed by atoms with Crippen molar-refractivity contribution in [1.29, 1.82) is 0 Å². The monoisotopic (exact) mass is 502 g/mol. The van der Waals surface area contributed by atoms with Crippen molar-refractivity contribution < 1.29 is 30.0 Å². The van der Waals surface area contributed by atoms with Crippen molar-refractivity contribution in [1.82, 2.24) is 0 Å². The molecule has 5 aliphatic carbocycles. The van der Waals surface area contributed by atoms with E-state index < -0.39 is 40.2 Å². The Morgan fingerprint density at radius 3 is 2.11 bits per heavy atom. The molecule has 4 N–H and O–H groups in total. The second kappa shape index (κ2) is 7.81. The number of carboxylic acid groups (broad SMARTS) is 2. The molecular weight excluding hydrogens is 456 g/mol. The molecule has 5 saturated carbocycles. The highest BCUT2D eigenvalue weighted by Crippen LogP contribution is 2.79. The van der Waals surface area contributed by atoms with Gasteiger partial charge in [-0.25, -0.2) is 0 Å². The van der Waals surface area contributed by atoms with Crippen molar-refractivity contribution >= 4 is 11.9 Å². The first kappa shape index (κ1) is 26.2. The summed E-state index contributed by atoms with van der Waals surface area (Å²) >= 11 is 0. The summed E-state index contributed by atoms with van der Waals surface area (Å²) < 4.78 is 0. The minimum Gasteiger partial charge on any atom is -0.481 e. The van der Waals surface area contributed by atoms with Gasteiger partial charge in [0, 0.05) is 5.41 Å². The first-order valence-electron chi connectivity index (χ1n) is 14.1. The van der Waals surface area contributed by atoms with Crippen LogP contribution in [0.3, 0.4) is 0 Å². The number of hydrogen-bond acceptors (Lipinski definition) is 4. The first-order valence-corrected chi connectivity index (χ1v) is 14.1. The van der Waals surface area contributed by atoms with Crippen LogP contribution in [0.2, 0.25) is 0 Å². The molecule has 0 aromatic heterocycles. The standard InChI is InChI=1S/C30H46O6/c1-16(2)17-9-12-30(25(35)36)14-13-27(4)18(21(17)30)7-8-20-28(27,5)11-10-19-26(3,15-31)23(32)22(24(33)34)29(19,20)6/h17-23,31-32H,1,7-15H2,2-6H3,(H,33,34)(H,35,36)/t17-,18+,19-,20+,21+,22+,23-,26+,27+,28+,29-,30-/m0/s1. The zero-order valence-corrected chi connectivity index (χ0v) is 22.7. The van der Waals surface area contributed by atoms with E-state index >= 15 is 0 Å². The van der Waals surface area contributed by atoms with E-state index in [-0.39, 0.29) is 47.0 Å². The van der Waals surface area contributed by atoms with Gasteiger partial charge in [-0.1, -0.05) is 39.8 Å². The molecule has 0 aliphatic heterocycles. The number of fused-ring (bicyclic) bond motifs is 7. The second-order valence-corrected chi connectivity index (χ2v) is 14.4. The van der Waals surface area contributed by atoms with Crippen LogP contribution in [0, 0.1) is 62.6 Å². The van der Waals surface area contributed by atoms with Crippen LogP contribution in [0.1, 0.15) is 86.0 Å². The number of aliphatic hydroxyl groups excluding tert-OH is 2. The summed E-state index contributed by atoms with van der Waals surface area (Å²) in [5, 5.41) is 42.6. The molecule has 0 spiro atoms. The van der Waals surface area contributed by atoms with Crippen molar-refractivity contribution in [2.45, 2.75) is 92.1 Å². The van der Waals surface area contributed by atoms with Crippen molar-refractivity contribution in [2.75, 3.05) is 6.61 Å². The van der Waals surface area contributed by atoms with Gasteiger partial charge in [-0.05, 0) is 104 Å². The molecule has 6 heteroatoms. The maximum absolute atomic E-state index is 12.8. The van der Waals surface area contributed by atoms with Crippen LogP contribution in [0.4, 0.5) is 0 Å². The van der Waals surface area contributed by atoms with E-state index in [4.69, 9.17) is 0 Å². The van der Waals surface area contributed by atoms with Gasteiger partial charge in [-0.2, -0.15) is 0 Å². The van der Waals surface area contributed by atoms with E-state index in [0.29, 0.717) is 6.42 Å². The maximum atomic E-state index is 12.8. The molecule has 36 heavy (non-hydrogen) atoms. The summed E-state index contributed by atoms with van der Waals surface area (Å²) in [5.74, 6) is -1.96. The summed E-state index contributed by atoms with van der Waals surface area (Å²) in [5.41, 5.74) is -1.33. The summed E-state index contributed by atoms with van der Waals surface area (Å²) in [6, 6.07) is 0. The normalized spacial score (nSPS) is 55.7. The molecule has 12 atom stereocenters. The zero-order chi connectivity index (χ0) is 26.6. The molecule has 0 aromatic carbocycles. The average molecular weight is 503 g/mol. The molecule has 5 aliphatic rings. The van der Waals surface area contributed by atoms with E-state index in [2.05, 4.69) is 34.3 Å². The highest BCUT2D eigenvalue weighted by Gasteiger charge is 2.76. The molecule has 0 amide bonds. The predicted octanol–water partition coefficient (Wildman–Crippen LogP) is 4.98. The lowest BCUT2D eigenvalue weighted by atomic mass is 9.34. The zero-order valence-electron chi connectivity index (χ0n) is 22.7. The Balaban J connectivity index is 1.62. The minimum absolute atomic E-state index is 0.0688. The Kier molecular flexibility index (Phi) is 5.69. The quantitative estimate of drug-likeness (QED) is 0.403. The fraction of sp³-hybridized carbons (Fsp3) is 0.867. The minimum atomic E-state index is -1.09. The topological polar surface area (TPSA) is 115 Å². The van der Waals surface area contributed by atoms with Gasteiger partial charge in [0.1, 0.15) is 0 Å². The molecule has 5 rings (SSSR count). The predicted molar refractivity (Wildman–Crippen MR) is 136 cm³/mol. The van der Waals surface area contributed by atoms with Gasteiger partial charge >= 0.3 is 11.9 Å². The molecule has 202 valence electrons. The lowest BCUT2D eigenvalue weighted by Gasteiger charge is -2.70. The van der Waals surface area contributed by atoms with Gasteiger partial charge in [0.2, 0.25) is 0 Å². The number of hydrogen-bond donors (Lipinski definition) is 4. The fourth-order valence-corrected chi connectivity index (χ4v) is 11.8. The van der Waals surface area contributed by atoms with Gasteiger partial charge in [0.05, 0.1) is 24.0 Å². The summed E-state index contributed by atoms with van der Waals surface area (Å²) in [7, 11) is 0. The third-order valence-electron chi connectivity index (χ3n) is 13.7. The third-order valence-corrected chi connectivity index (χ3v) is 13.7. The van der Waals surface area contributed by atoms with Gasteiger partial charge in [0.25, 0.3) is 0 Å². The molecule has 0 bridgehead atoms. The first-order chi connectivity index (χ1) is 16.7. The molecule has 0 saturated heterocycles. The molecular formula is C30H46O6. The lowest BCUT2D eigenvalue weighted by Crippen LogP contribution is -2.65. The van der Waals surface area contributed by atoms with E-state index in [1.807, 2.05) is 6.92 Å². The number of aliphatic hydroxyl groups is 2. The van der Waals surface area contributed by atoms with Crippen LogP contribution in [-0.4, -0.2) is 45.1 Å². The summed E-state index contributed by atoms with van der Waals surface area (Å²) in [6.07, 6.45) is 5.47. The lowest BCUT2D eigenvalue weighted by molar-refractivity contribution is -0.229. The van der Waals surface area contributed by atoms with Gasteiger partial charge in [-0.15, -0.1) is 0 Å². The van der Waals surface area contributed by atoms with Crippen LogP contribution in [0.25, 0.3) is 0 Å². The van der Waals surface area contributed by atoms with Crippen LogP contribution in [0.15, 0.2) is 12.2 Å². The van der Waals surface area contributed by atoms with Crippen LogP contribution in [-0.2, 0) is 9.59 Å². The van der Waals surface area contributed by atoms with Crippen molar-refractivity contribution in [2.24, 2.45) is 62.6 Å². The number of carboxylic acids is 2. The van der Waals surface area contributed by atoms with Gasteiger partial charge in [0.15, 0.2) is 0 Å². The fourth-order valence-electron chi connectivity index (χ4n) is 11.8. The smallest absolute Gasteiger partial charge is 0.309 e. The van der Waals surface area contributed by atoms with Crippen LogP contribution >= 0.6 is 0 Å². The summed E-state index contributed by atoms with van der Waals surface area (Å²) in [6.45, 7) is 14.8. The Morgan fingerprint density at radius 1 is 0.889 bits per heavy atom.